The predicted octanol–water partition coefficient (Wildman–Crippen LogP) is 0.126. The van der Waals surface area contributed by atoms with Crippen molar-refractivity contribution in [3.05, 3.63) is 0 Å². The maximum atomic E-state index is 10.5. The third-order valence-corrected chi connectivity index (χ3v) is 1.51. The Morgan fingerprint density at radius 1 is 1.89 bits per heavy atom. The lowest BCUT2D eigenvalue weighted by Gasteiger charge is -2.04. The van der Waals surface area contributed by atoms with E-state index in [1.807, 2.05) is 0 Å². The van der Waals surface area contributed by atoms with E-state index < -0.39 is 0 Å². The molecule has 1 aliphatic heterocycles. The third kappa shape index (κ3) is 1.87. The fourth-order valence-electron chi connectivity index (χ4n) is 0.892. The van der Waals surface area contributed by atoms with Gasteiger partial charge in [0, 0.05) is 6.42 Å². The SMILES string of the molecule is O=C1CC[C@@H](COS)N1. The van der Waals surface area contributed by atoms with Gasteiger partial charge in [-0.2, -0.15) is 0 Å². The number of carbonyl (C=O) groups is 1. The number of carbonyl (C=O) groups excluding carboxylic acids is 1. The van der Waals surface area contributed by atoms with E-state index in [-0.39, 0.29) is 11.9 Å². The second-order valence-electron chi connectivity index (χ2n) is 2.10. The van der Waals surface area contributed by atoms with E-state index in [0.29, 0.717) is 13.0 Å². The lowest BCUT2D eigenvalue weighted by Crippen LogP contribution is -2.28. The second-order valence-corrected chi connectivity index (χ2v) is 2.36. The first-order chi connectivity index (χ1) is 4.33. The van der Waals surface area contributed by atoms with Crippen molar-refractivity contribution in [3.8, 4) is 0 Å². The molecule has 0 bridgehead atoms. The maximum absolute atomic E-state index is 10.5. The summed E-state index contributed by atoms with van der Waals surface area (Å²) in [6, 6.07) is 0.190. The molecular weight excluding hydrogens is 138 g/mol. The van der Waals surface area contributed by atoms with Gasteiger partial charge >= 0.3 is 0 Å². The summed E-state index contributed by atoms with van der Waals surface area (Å²) >= 11 is 3.57. The number of thiol groups is 1. The van der Waals surface area contributed by atoms with E-state index in [2.05, 4.69) is 22.4 Å². The second kappa shape index (κ2) is 3.08. The van der Waals surface area contributed by atoms with E-state index >= 15 is 0 Å². The Bertz CT molecular complexity index is 118. The van der Waals surface area contributed by atoms with Crippen molar-refractivity contribution >= 4 is 18.8 Å². The molecule has 0 spiro atoms. The monoisotopic (exact) mass is 147 g/mol. The molecule has 9 heavy (non-hydrogen) atoms. The minimum Gasteiger partial charge on any atom is -0.351 e. The van der Waals surface area contributed by atoms with Gasteiger partial charge in [0.1, 0.15) is 0 Å². The van der Waals surface area contributed by atoms with Crippen LogP contribution < -0.4 is 5.32 Å². The quantitative estimate of drug-likeness (QED) is 0.430. The summed E-state index contributed by atoms with van der Waals surface area (Å²) < 4.78 is 4.55. The molecule has 0 aromatic carbocycles. The van der Waals surface area contributed by atoms with E-state index in [0.717, 1.165) is 6.42 Å². The standard InChI is InChI=1S/C5H9NO2S/c7-5-2-1-4(6-5)3-8-9/h4,9H,1-3H2,(H,6,7)/t4-/m0/s1. The van der Waals surface area contributed by atoms with Gasteiger partial charge in [0.2, 0.25) is 5.91 Å². The maximum Gasteiger partial charge on any atom is 0.220 e. The van der Waals surface area contributed by atoms with Gasteiger partial charge in [-0.15, -0.1) is 0 Å². The van der Waals surface area contributed by atoms with Crippen molar-refractivity contribution in [3.63, 3.8) is 0 Å². The molecule has 1 rings (SSSR count). The smallest absolute Gasteiger partial charge is 0.220 e. The highest BCUT2D eigenvalue weighted by atomic mass is 32.1. The average Bonchev–Trinajstić information content (AvgIpc) is 2.17. The van der Waals surface area contributed by atoms with Crippen LogP contribution in [0.1, 0.15) is 12.8 Å². The van der Waals surface area contributed by atoms with Crippen LogP contribution >= 0.6 is 12.9 Å². The Labute approximate surface area is 59.4 Å². The third-order valence-electron chi connectivity index (χ3n) is 1.36. The molecular formula is C5H9NO2S. The molecule has 1 N–H and O–H groups in total. The highest BCUT2D eigenvalue weighted by molar-refractivity contribution is 7.75. The summed E-state index contributed by atoms with van der Waals surface area (Å²) in [6.07, 6.45) is 1.50. The Balaban J connectivity index is 2.22. The van der Waals surface area contributed by atoms with Crippen LogP contribution in [-0.2, 0) is 8.98 Å². The minimum atomic E-state index is 0.116. The summed E-state index contributed by atoms with van der Waals surface area (Å²) in [5.41, 5.74) is 0. The highest BCUT2D eigenvalue weighted by Gasteiger charge is 2.19. The zero-order valence-electron chi connectivity index (χ0n) is 4.96. The molecule has 0 unspecified atom stereocenters. The molecule has 1 saturated heterocycles. The predicted molar refractivity (Wildman–Crippen MR) is 36.1 cm³/mol. The molecule has 1 heterocycles. The van der Waals surface area contributed by atoms with Crippen molar-refractivity contribution in [1.29, 1.82) is 0 Å². The van der Waals surface area contributed by atoms with Crippen LogP contribution in [-0.4, -0.2) is 18.6 Å². The van der Waals surface area contributed by atoms with Crippen LogP contribution in [0.2, 0.25) is 0 Å². The summed E-state index contributed by atoms with van der Waals surface area (Å²) in [5.74, 6) is 0.116. The normalized spacial score (nSPS) is 26.3. The Morgan fingerprint density at radius 3 is 3.11 bits per heavy atom. The summed E-state index contributed by atoms with van der Waals surface area (Å²) in [7, 11) is 0. The average molecular weight is 147 g/mol. The number of nitrogens with one attached hydrogen (secondary N) is 1. The Hall–Kier alpha value is -0.220. The van der Waals surface area contributed by atoms with Crippen LogP contribution in [0.5, 0.6) is 0 Å². The van der Waals surface area contributed by atoms with Crippen molar-refractivity contribution in [2.75, 3.05) is 6.61 Å². The Kier molecular flexibility index (Phi) is 2.36. The molecule has 4 heteroatoms. The van der Waals surface area contributed by atoms with Crippen molar-refractivity contribution in [2.45, 2.75) is 18.9 Å². The number of hydrogen-bond acceptors (Lipinski definition) is 3. The molecule has 0 aromatic heterocycles. The van der Waals surface area contributed by atoms with Gasteiger partial charge in [0.05, 0.1) is 12.6 Å². The van der Waals surface area contributed by atoms with Gasteiger partial charge in [0.25, 0.3) is 0 Å². The van der Waals surface area contributed by atoms with Crippen molar-refractivity contribution in [1.82, 2.24) is 5.32 Å². The molecule has 0 radical (unpaired) electrons. The molecule has 1 fully saturated rings. The fourth-order valence-corrected chi connectivity index (χ4v) is 1.07. The van der Waals surface area contributed by atoms with Gasteiger partial charge in [-0.25, -0.2) is 0 Å². The van der Waals surface area contributed by atoms with Crippen molar-refractivity contribution in [2.24, 2.45) is 0 Å². The fraction of sp³-hybridized carbons (Fsp3) is 0.800. The first kappa shape index (κ1) is 6.89. The van der Waals surface area contributed by atoms with E-state index in [1.165, 1.54) is 0 Å². The topological polar surface area (TPSA) is 38.3 Å². The van der Waals surface area contributed by atoms with E-state index in [9.17, 15) is 4.79 Å². The zero-order valence-corrected chi connectivity index (χ0v) is 5.86. The Morgan fingerprint density at radius 2 is 2.67 bits per heavy atom. The number of rotatable bonds is 2. The number of amides is 1. The zero-order chi connectivity index (χ0) is 6.69. The van der Waals surface area contributed by atoms with Gasteiger partial charge in [-0.05, 0) is 19.3 Å². The van der Waals surface area contributed by atoms with Gasteiger partial charge in [-0.3, -0.25) is 4.79 Å². The minimum absolute atomic E-state index is 0.116. The highest BCUT2D eigenvalue weighted by Crippen LogP contribution is 2.06. The molecule has 0 aromatic rings. The number of hydrogen-bond donors (Lipinski definition) is 2. The molecule has 1 aliphatic rings. The molecule has 1 atom stereocenters. The molecule has 0 aliphatic carbocycles. The van der Waals surface area contributed by atoms with Crippen LogP contribution in [0.3, 0.4) is 0 Å². The van der Waals surface area contributed by atoms with Crippen LogP contribution in [0.4, 0.5) is 0 Å². The summed E-state index contributed by atoms with van der Waals surface area (Å²) in [5, 5.41) is 2.74. The van der Waals surface area contributed by atoms with Crippen LogP contribution in [0, 0.1) is 0 Å². The molecule has 1 amide bonds. The van der Waals surface area contributed by atoms with Gasteiger partial charge < -0.3 is 9.50 Å². The van der Waals surface area contributed by atoms with Gasteiger partial charge in [0.15, 0.2) is 0 Å². The first-order valence-corrected chi connectivity index (χ1v) is 3.25. The van der Waals surface area contributed by atoms with Crippen LogP contribution in [0.25, 0.3) is 0 Å². The first-order valence-electron chi connectivity index (χ1n) is 2.88. The van der Waals surface area contributed by atoms with E-state index in [4.69, 9.17) is 0 Å². The lowest BCUT2D eigenvalue weighted by atomic mass is 10.2. The van der Waals surface area contributed by atoms with Crippen LogP contribution in [0.15, 0.2) is 0 Å². The molecule has 0 saturated carbocycles. The largest absolute Gasteiger partial charge is 0.351 e. The van der Waals surface area contributed by atoms with Gasteiger partial charge in [-0.1, -0.05) is 0 Å². The lowest BCUT2D eigenvalue weighted by molar-refractivity contribution is -0.119. The summed E-state index contributed by atoms with van der Waals surface area (Å²) in [6.45, 7) is 0.509. The summed E-state index contributed by atoms with van der Waals surface area (Å²) in [4.78, 5) is 10.5. The molecule has 52 valence electrons. The molecule has 3 nitrogen and oxygen atoms in total. The van der Waals surface area contributed by atoms with E-state index in [1.54, 1.807) is 0 Å². The van der Waals surface area contributed by atoms with Crippen molar-refractivity contribution < 1.29 is 8.98 Å².